The Morgan fingerprint density at radius 1 is 1.38 bits per heavy atom. The number of halogens is 3. The first-order valence-electron chi connectivity index (χ1n) is 6.26. The molecule has 1 atom stereocenters. The average Bonchev–Trinajstić information content (AvgIpc) is 2.81. The highest BCUT2D eigenvalue weighted by atomic mass is 32.2. The van der Waals surface area contributed by atoms with Gasteiger partial charge >= 0.3 is 6.18 Å². The lowest BCUT2D eigenvalue weighted by atomic mass is 10.1. The van der Waals surface area contributed by atoms with Gasteiger partial charge in [-0.15, -0.1) is 0 Å². The standard InChI is InChI=1S/C12H15F3N2O3S/c13-12(14,15)10-6-8(16)3-4-11(10)17-21(18,19)7-9-2-1-5-20-9/h3-4,6,9,17H,1-2,5,7,16H2. The predicted octanol–water partition coefficient (Wildman–Crippen LogP) is 2.21. The molecule has 0 bridgehead atoms. The number of nitrogens with two attached hydrogens (primary N) is 1. The minimum absolute atomic E-state index is 0.0931. The zero-order chi connectivity index (χ0) is 15.7. The lowest BCUT2D eigenvalue weighted by Gasteiger charge is -2.16. The zero-order valence-electron chi connectivity index (χ0n) is 11.0. The van der Waals surface area contributed by atoms with Gasteiger partial charge in [-0.1, -0.05) is 0 Å². The van der Waals surface area contributed by atoms with E-state index in [-0.39, 0.29) is 11.4 Å². The maximum Gasteiger partial charge on any atom is 0.418 e. The number of rotatable bonds is 4. The summed E-state index contributed by atoms with van der Waals surface area (Å²) in [6.45, 7) is 0.468. The summed E-state index contributed by atoms with van der Waals surface area (Å²) < 4.78 is 69.7. The normalized spacial score (nSPS) is 19.7. The Bertz CT molecular complexity index is 611. The number of ether oxygens (including phenoxy) is 1. The van der Waals surface area contributed by atoms with E-state index >= 15 is 0 Å². The molecule has 1 aliphatic heterocycles. The predicted molar refractivity (Wildman–Crippen MR) is 72.2 cm³/mol. The van der Waals surface area contributed by atoms with Crippen molar-refractivity contribution in [3.05, 3.63) is 23.8 Å². The smallest absolute Gasteiger partial charge is 0.399 e. The number of sulfonamides is 1. The molecule has 3 N–H and O–H groups in total. The first-order valence-corrected chi connectivity index (χ1v) is 7.91. The molecule has 0 aliphatic carbocycles. The van der Waals surface area contributed by atoms with Crippen LogP contribution in [0, 0.1) is 0 Å². The van der Waals surface area contributed by atoms with Crippen LogP contribution in [0.25, 0.3) is 0 Å². The molecular formula is C12H15F3N2O3S. The molecule has 0 aromatic heterocycles. The Labute approximate surface area is 120 Å². The number of nitrogens with one attached hydrogen (secondary N) is 1. The van der Waals surface area contributed by atoms with Crippen molar-refractivity contribution in [1.29, 1.82) is 0 Å². The second kappa shape index (κ2) is 5.72. The van der Waals surface area contributed by atoms with Crippen molar-refractivity contribution in [2.24, 2.45) is 0 Å². The Hall–Kier alpha value is -1.48. The van der Waals surface area contributed by atoms with Gasteiger partial charge in [-0.3, -0.25) is 4.72 Å². The van der Waals surface area contributed by atoms with Crippen molar-refractivity contribution in [3.63, 3.8) is 0 Å². The van der Waals surface area contributed by atoms with E-state index in [0.717, 1.165) is 12.5 Å². The summed E-state index contributed by atoms with van der Waals surface area (Å²) in [5.41, 5.74) is 3.58. The van der Waals surface area contributed by atoms with Crippen LogP contribution in [0.5, 0.6) is 0 Å². The third-order valence-electron chi connectivity index (χ3n) is 3.04. The molecule has 0 saturated carbocycles. The van der Waals surface area contributed by atoms with Gasteiger partial charge < -0.3 is 10.5 Å². The van der Waals surface area contributed by atoms with Crippen LogP contribution >= 0.6 is 0 Å². The number of hydrogen-bond donors (Lipinski definition) is 2. The molecule has 2 rings (SSSR count). The van der Waals surface area contributed by atoms with Gasteiger partial charge in [-0.2, -0.15) is 13.2 Å². The van der Waals surface area contributed by atoms with Crippen molar-refractivity contribution >= 4 is 21.4 Å². The average molecular weight is 324 g/mol. The molecule has 1 fully saturated rings. The van der Waals surface area contributed by atoms with Crippen LogP contribution in [-0.4, -0.2) is 26.9 Å². The zero-order valence-corrected chi connectivity index (χ0v) is 11.8. The van der Waals surface area contributed by atoms with Crippen molar-refractivity contribution in [2.75, 3.05) is 22.8 Å². The molecule has 1 aromatic carbocycles. The van der Waals surface area contributed by atoms with Crippen LogP contribution < -0.4 is 10.5 Å². The molecular weight excluding hydrogens is 309 g/mol. The van der Waals surface area contributed by atoms with E-state index in [1.165, 1.54) is 6.07 Å². The molecule has 1 saturated heterocycles. The molecule has 0 radical (unpaired) electrons. The summed E-state index contributed by atoms with van der Waals surface area (Å²) in [7, 11) is -3.93. The summed E-state index contributed by atoms with van der Waals surface area (Å²) in [5, 5.41) is 0. The third-order valence-corrected chi connectivity index (χ3v) is 4.39. The summed E-state index contributed by atoms with van der Waals surface area (Å²) in [4.78, 5) is 0. The van der Waals surface area contributed by atoms with E-state index in [1.54, 1.807) is 0 Å². The highest BCUT2D eigenvalue weighted by Gasteiger charge is 2.35. The Morgan fingerprint density at radius 2 is 2.10 bits per heavy atom. The number of alkyl halides is 3. The summed E-state index contributed by atoms with van der Waals surface area (Å²) in [5.74, 6) is -0.366. The van der Waals surface area contributed by atoms with Gasteiger partial charge in [-0.25, -0.2) is 8.42 Å². The summed E-state index contributed by atoms with van der Waals surface area (Å²) in [6, 6.07) is 2.91. The van der Waals surface area contributed by atoms with Crippen molar-refractivity contribution in [2.45, 2.75) is 25.1 Å². The molecule has 118 valence electrons. The van der Waals surface area contributed by atoms with Crippen LogP contribution in [-0.2, 0) is 20.9 Å². The molecule has 1 aliphatic rings. The largest absolute Gasteiger partial charge is 0.418 e. The van der Waals surface area contributed by atoms with E-state index in [9.17, 15) is 21.6 Å². The van der Waals surface area contributed by atoms with Gasteiger partial charge in [0, 0.05) is 12.3 Å². The van der Waals surface area contributed by atoms with Gasteiger partial charge in [0.1, 0.15) is 0 Å². The number of hydrogen-bond acceptors (Lipinski definition) is 4. The van der Waals surface area contributed by atoms with E-state index in [1.807, 2.05) is 4.72 Å². The molecule has 21 heavy (non-hydrogen) atoms. The molecule has 0 spiro atoms. The fraction of sp³-hybridized carbons (Fsp3) is 0.500. The minimum atomic E-state index is -4.70. The van der Waals surface area contributed by atoms with Gasteiger partial charge in [0.05, 0.1) is 23.1 Å². The highest BCUT2D eigenvalue weighted by Crippen LogP contribution is 2.36. The second-order valence-electron chi connectivity index (χ2n) is 4.82. The van der Waals surface area contributed by atoms with Crippen molar-refractivity contribution < 1.29 is 26.3 Å². The van der Waals surface area contributed by atoms with Gasteiger partial charge in [-0.05, 0) is 31.0 Å². The quantitative estimate of drug-likeness (QED) is 0.832. The lowest BCUT2D eigenvalue weighted by Crippen LogP contribution is -2.26. The van der Waals surface area contributed by atoms with Crippen molar-refractivity contribution in [3.8, 4) is 0 Å². The van der Waals surface area contributed by atoms with Crippen LogP contribution in [0.4, 0.5) is 24.5 Å². The van der Waals surface area contributed by atoms with Gasteiger partial charge in [0.25, 0.3) is 0 Å². The number of anilines is 2. The summed E-state index contributed by atoms with van der Waals surface area (Å²) in [6.07, 6.45) is -3.85. The first-order chi connectivity index (χ1) is 9.67. The summed E-state index contributed by atoms with van der Waals surface area (Å²) >= 11 is 0. The van der Waals surface area contributed by atoms with Crippen LogP contribution in [0.3, 0.4) is 0 Å². The van der Waals surface area contributed by atoms with E-state index in [4.69, 9.17) is 10.5 Å². The fourth-order valence-corrected chi connectivity index (χ4v) is 3.46. The maximum absolute atomic E-state index is 12.9. The van der Waals surface area contributed by atoms with E-state index in [0.29, 0.717) is 19.1 Å². The monoisotopic (exact) mass is 324 g/mol. The first kappa shape index (κ1) is 15.9. The van der Waals surface area contributed by atoms with E-state index in [2.05, 4.69) is 0 Å². The molecule has 1 unspecified atom stereocenters. The number of benzene rings is 1. The van der Waals surface area contributed by atoms with Crippen LogP contribution in [0.2, 0.25) is 0 Å². The van der Waals surface area contributed by atoms with Gasteiger partial charge in [0.15, 0.2) is 0 Å². The lowest BCUT2D eigenvalue weighted by molar-refractivity contribution is -0.136. The molecule has 1 heterocycles. The molecule has 9 heteroatoms. The Balaban J connectivity index is 2.22. The topological polar surface area (TPSA) is 81.4 Å². The highest BCUT2D eigenvalue weighted by molar-refractivity contribution is 7.92. The van der Waals surface area contributed by atoms with Crippen LogP contribution in [0.15, 0.2) is 18.2 Å². The fourth-order valence-electron chi connectivity index (χ4n) is 2.12. The Kier molecular flexibility index (Phi) is 4.33. The van der Waals surface area contributed by atoms with Crippen LogP contribution in [0.1, 0.15) is 18.4 Å². The molecule has 0 amide bonds. The molecule has 1 aromatic rings. The molecule has 5 nitrogen and oxygen atoms in total. The SMILES string of the molecule is Nc1ccc(NS(=O)(=O)CC2CCCO2)c(C(F)(F)F)c1. The Morgan fingerprint density at radius 3 is 2.67 bits per heavy atom. The van der Waals surface area contributed by atoms with Gasteiger partial charge in [0.2, 0.25) is 10.0 Å². The number of nitrogen functional groups attached to an aromatic ring is 1. The third kappa shape index (κ3) is 4.24. The van der Waals surface area contributed by atoms with E-state index < -0.39 is 33.6 Å². The second-order valence-corrected chi connectivity index (χ2v) is 6.59. The minimum Gasteiger partial charge on any atom is -0.399 e. The van der Waals surface area contributed by atoms with Crippen molar-refractivity contribution in [1.82, 2.24) is 0 Å². The maximum atomic E-state index is 12.9.